The highest BCUT2D eigenvalue weighted by Gasteiger charge is 2.13. The van der Waals surface area contributed by atoms with Gasteiger partial charge in [0.2, 0.25) is 0 Å². The Balaban J connectivity index is 1.82. The molecule has 128 valence electrons. The zero-order valence-corrected chi connectivity index (χ0v) is 13.2. The van der Waals surface area contributed by atoms with Crippen molar-refractivity contribution in [2.75, 3.05) is 13.1 Å². The third kappa shape index (κ3) is 4.79. The Morgan fingerprint density at radius 2 is 1.75 bits per heavy atom. The van der Waals surface area contributed by atoms with Crippen LogP contribution in [0.3, 0.4) is 0 Å². The molecule has 6 N–H and O–H groups in total. The fraction of sp³-hybridized carbons (Fsp3) is 0.278. The first-order chi connectivity index (χ1) is 11.5. The van der Waals surface area contributed by atoms with Crippen molar-refractivity contribution >= 4 is 5.91 Å². The lowest BCUT2D eigenvalue weighted by molar-refractivity contribution is 0.0997. The van der Waals surface area contributed by atoms with Crippen LogP contribution in [0.25, 0.3) is 0 Å². The number of aliphatic hydroxyl groups is 2. The fourth-order valence-corrected chi connectivity index (χ4v) is 2.40. The molecule has 0 saturated carbocycles. The molecule has 0 saturated heterocycles. The van der Waals surface area contributed by atoms with Crippen molar-refractivity contribution in [3.63, 3.8) is 0 Å². The summed E-state index contributed by atoms with van der Waals surface area (Å²) in [6.45, 7) is 0.776. The number of hydrogen-bond donors (Lipinski definition) is 5. The number of carbonyl (C=O) groups is 1. The number of primary amides is 1. The van der Waals surface area contributed by atoms with Crippen molar-refractivity contribution in [1.29, 1.82) is 0 Å². The van der Waals surface area contributed by atoms with E-state index in [9.17, 15) is 20.1 Å². The van der Waals surface area contributed by atoms with E-state index in [-0.39, 0.29) is 17.9 Å². The molecule has 0 spiro atoms. The van der Waals surface area contributed by atoms with Crippen molar-refractivity contribution < 1.29 is 20.1 Å². The molecule has 6 nitrogen and oxygen atoms in total. The Hall–Kier alpha value is -2.41. The van der Waals surface area contributed by atoms with E-state index in [1.165, 1.54) is 18.2 Å². The van der Waals surface area contributed by atoms with Gasteiger partial charge in [0.05, 0.1) is 17.8 Å². The van der Waals surface area contributed by atoms with Crippen molar-refractivity contribution in [1.82, 2.24) is 5.32 Å². The molecule has 24 heavy (non-hydrogen) atoms. The van der Waals surface area contributed by atoms with Crippen molar-refractivity contribution in [2.24, 2.45) is 5.73 Å². The molecule has 0 aliphatic rings. The van der Waals surface area contributed by atoms with Gasteiger partial charge < -0.3 is 26.4 Å². The van der Waals surface area contributed by atoms with Crippen LogP contribution in [0.4, 0.5) is 0 Å². The molecular weight excluding hydrogens is 308 g/mol. The van der Waals surface area contributed by atoms with Gasteiger partial charge in [-0.3, -0.25) is 4.79 Å². The predicted octanol–water partition coefficient (Wildman–Crippen LogP) is 1.24. The van der Waals surface area contributed by atoms with Gasteiger partial charge in [-0.15, -0.1) is 0 Å². The van der Waals surface area contributed by atoms with Crippen LogP contribution < -0.4 is 11.1 Å². The number of carbonyl (C=O) groups excluding carboxylic acids is 1. The van der Waals surface area contributed by atoms with E-state index in [2.05, 4.69) is 5.32 Å². The first-order valence-corrected chi connectivity index (χ1v) is 7.73. The van der Waals surface area contributed by atoms with Crippen molar-refractivity contribution in [3.8, 4) is 5.75 Å². The highest BCUT2D eigenvalue weighted by atomic mass is 16.3. The van der Waals surface area contributed by atoms with Crippen LogP contribution in [0, 0.1) is 0 Å². The second-order valence-corrected chi connectivity index (χ2v) is 5.58. The quantitative estimate of drug-likeness (QED) is 0.467. The molecule has 2 aromatic rings. The fourth-order valence-electron chi connectivity index (χ4n) is 2.40. The van der Waals surface area contributed by atoms with E-state index < -0.39 is 18.1 Å². The number of nitrogens with one attached hydrogen (secondary N) is 1. The van der Waals surface area contributed by atoms with Gasteiger partial charge in [0, 0.05) is 6.54 Å². The highest BCUT2D eigenvalue weighted by Crippen LogP contribution is 2.22. The summed E-state index contributed by atoms with van der Waals surface area (Å²) in [7, 11) is 0. The van der Waals surface area contributed by atoms with E-state index in [0.717, 1.165) is 5.56 Å². The molecule has 6 heteroatoms. The molecule has 2 unspecified atom stereocenters. The standard InChI is InChI=1S/C18H22N2O4/c19-18(24)14-10-13(6-7-16(14)22)17(23)11-20-9-8-15(21)12-4-2-1-3-5-12/h1-7,10,15,17,20-23H,8-9,11H2,(H2,19,24). The SMILES string of the molecule is NC(=O)c1cc(C(O)CNCCC(O)c2ccccc2)ccc1O. The summed E-state index contributed by atoms with van der Waals surface area (Å²) in [5.41, 5.74) is 6.48. The van der Waals surface area contributed by atoms with Gasteiger partial charge in [-0.1, -0.05) is 36.4 Å². The average molecular weight is 330 g/mol. The number of aliphatic hydroxyl groups excluding tert-OH is 2. The summed E-state index contributed by atoms with van der Waals surface area (Å²) in [6.07, 6.45) is -0.901. The number of hydrogen-bond acceptors (Lipinski definition) is 5. The average Bonchev–Trinajstić information content (AvgIpc) is 2.59. The van der Waals surface area contributed by atoms with Crippen LogP contribution in [-0.2, 0) is 0 Å². The molecule has 1 amide bonds. The van der Waals surface area contributed by atoms with Crippen LogP contribution in [0.2, 0.25) is 0 Å². The van der Waals surface area contributed by atoms with Crippen molar-refractivity contribution in [2.45, 2.75) is 18.6 Å². The molecule has 0 fully saturated rings. The van der Waals surface area contributed by atoms with Crippen LogP contribution in [0.15, 0.2) is 48.5 Å². The van der Waals surface area contributed by atoms with Crippen LogP contribution in [0.5, 0.6) is 5.75 Å². The Kier molecular flexibility index (Phi) is 6.31. The van der Waals surface area contributed by atoms with Crippen LogP contribution >= 0.6 is 0 Å². The van der Waals surface area contributed by atoms with E-state index in [1.807, 2.05) is 30.3 Å². The van der Waals surface area contributed by atoms with Gasteiger partial charge in [0.1, 0.15) is 5.75 Å². The first kappa shape index (κ1) is 17.9. The molecule has 0 aromatic heterocycles. The van der Waals surface area contributed by atoms with Gasteiger partial charge in [-0.25, -0.2) is 0 Å². The van der Waals surface area contributed by atoms with E-state index >= 15 is 0 Å². The van der Waals surface area contributed by atoms with E-state index in [1.54, 1.807) is 0 Å². The smallest absolute Gasteiger partial charge is 0.252 e. The number of phenols is 1. The number of benzene rings is 2. The minimum absolute atomic E-state index is 0.0222. The maximum atomic E-state index is 11.2. The zero-order valence-electron chi connectivity index (χ0n) is 13.2. The van der Waals surface area contributed by atoms with Gasteiger partial charge in [-0.05, 0) is 36.2 Å². The Bertz CT molecular complexity index is 676. The van der Waals surface area contributed by atoms with Gasteiger partial charge >= 0.3 is 0 Å². The Morgan fingerprint density at radius 3 is 2.42 bits per heavy atom. The lowest BCUT2D eigenvalue weighted by Crippen LogP contribution is -2.24. The summed E-state index contributed by atoms with van der Waals surface area (Å²) in [4.78, 5) is 11.2. The maximum absolute atomic E-state index is 11.2. The third-order valence-corrected chi connectivity index (χ3v) is 3.79. The van der Waals surface area contributed by atoms with Gasteiger partial charge in [0.15, 0.2) is 0 Å². The highest BCUT2D eigenvalue weighted by molar-refractivity contribution is 5.95. The molecule has 0 heterocycles. The minimum Gasteiger partial charge on any atom is -0.507 e. The molecular formula is C18H22N2O4. The number of nitrogens with two attached hydrogens (primary N) is 1. The summed E-state index contributed by atoms with van der Waals surface area (Å²) < 4.78 is 0. The Labute approximate surface area is 140 Å². The minimum atomic E-state index is -0.849. The maximum Gasteiger partial charge on any atom is 0.252 e. The second kappa shape index (κ2) is 8.44. The molecule has 0 bridgehead atoms. The predicted molar refractivity (Wildman–Crippen MR) is 90.5 cm³/mol. The molecule has 0 aliphatic heterocycles. The normalized spacial score (nSPS) is 13.4. The van der Waals surface area contributed by atoms with Gasteiger partial charge in [-0.2, -0.15) is 0 Å². The molecule has 2 aromatic carbocycles. The lowest BCUT2D eigenvalue weighted by atomic mass is 10.0. The molecule has 2 rings (SSSR count). The van der Waals surface area contributed by atoms with Crippen LogP contribution in [-0.4, -0.2) is 34.3 Å². The molecule has 0 radical (unpaired) electrons. The van der Waals surface area contributed by atoms with Crippen LogP contribution in [0.1, 0.15) is 40.1 Å². The number of rotatable bonds is 8. The summed E-state index contributed by atoms with van der Waals surface area (Å²) in [6, 6.07) is 13.6. The Morgan fingerprint density at radius 1 is 1.04 bits per heavy atom. The summed E-state index contributed by atoms with van der Waals surface area (Å²) >= 11 is 0. The second-order valence-electron chi connectivity index (χ2n) is 5.58. The monoisotopic (exact) mass is 330 g/mol. The zero-order chi connectivity index (χ0) is 17.5. The number of aromatic hydroxyl groups is 1. The van der Waals surface area contributed by atoms with Crippen molar-refractivity contribution in [3.05, 3.63) is 65.2 Å². The number of amides is 1. The summed E-state index contributed by atoms with van der Waals surface area (Å²) in [5.74, 6) is -0.960. The van der Waals surface area contributed by atoms with E-state index in [4.69, 9.17) is 5.73 Å². The largest absolute Gasteiger partial charge is 0.507 e. The molecule has 2 atom stereocenters. The summed E-state index contributed by atoms with van der Waals surface area (Å²) in [5, 5.41) is 32.8. The topological polar surface area (TPSA) is 116 Å². The first-order valence-electron chi connectivity index (χ1n) is 7.73. The molecule has 0 aliphatic carbocycles. The van der Waals surface area contributed by atoms with E-state index in [0.29, 0.717) is 18.5 Å². The lowest BCUT2D eigenvalue weighted by Gasteiger charge is -2.15. The van der Waals surface area contributed by atoms with Gasteiger partial charge in [0.25, 0.3) is 5.91 Å². The third-order valence-electron chi connectivity index (χ3n) is 3.79.